The number of nitrogens with one attached hydrogen (secondary N) is 2. The van der Waals surface area contributed by atoms with Gasteiger partial charge in [0.25, 0.3) is 0 Å². The fourth-order valence-corrected chi connectivity index (χ4v) is 4.59. The minimum atomic E-state index is -1.04. The van der Waals surface area contributed by atoms with Gasteiger partial charge in [0.15, 0.2) is 0 Å². The summed E-state index contributed by atoms with van der Waals surface area (Å²) in [4.78, 5) is 29.9. The average Bonchev–Trinajstić information content (AvgIpc) is 3.26. The van der Waals surface area contributed by atoms with Crippen molar-refractivity contribution in [3.63, 3.8) is 0 Å². The van der Waals surface area contributed by atoms with Gasteiger partial charge >= 0.3 is 12.0 Å². The molecule has 0 bridgehead atoms. The minimum absolute atomic E-state index is 0.326. The summed E-state index contributed by atoms with van der Waals surface area (Å²) in [5.41, 5.74) is 3.04. The lowest BCUT2D eigenvalue weighted by Gasteiger charge is -2.33. The van der Waals surface area contributed by atoms with Crippen molar-refractivity contribution < 1.29 is 19.4 Å². The van der Waals surface area contributed by atoms with E-state index in [1.807, 2.05) is 55.6 Å². The summed E-state index contributed by atoms with van der Waals surface area (Å²) in [6.45, 7) is 3.01. The van der Waals surface area contributed by atoms with Crippen LogP contribution in [0.1, 0.15) is 42.7 Å². The maximum absolute atomic E-state index is 12.9. The van der Waals surface area contributed by atoms with Crippen LogP contribution in [0.25, 0.3) is 10.9 Å². The number of likely N-dealkylation sites (tertiary alicyclic amines) is 1. The second kappa shape index (κ2) is 9.34. The van der Waals surface area contributed by atoms with Gasteiger partial charge in [-0.15, -0.1) is 0 Å². The number of para-hydroxylation sites is 1. The Bertz CT molecular complexity index is 1100. The van der Waals surface area contributed by atoms with Crippen LogP contribution in [-0.2, 0) is 4.79 Å². The van der Waals surface area contributed by atoms with Gasteiger partial charge in [-0.05, 0) is 48.1 Å². The maximum atomic E-state index is 12.9. The van der Waals surface area contributed by atoms with Crippen LogP contribution in [0.2, 0.25) is 0 Å². The Labute approximate surface area is 187 Å². The number of fused-ring (bicyclic) bond motifs is 1. The lowest BCUT2D eigenvalue weighted by atomic mass is 9.89. The predicted octanol–water partition coefficient (Wildman–Crippen LogP) is 4.32. The molecule has 2 aromatic carbocycles. The molecule has 3 N–H and O–H groups in total. The quantitative estimate of drug-likeness (QED) is 0.537. The number of carbonyl (C=O) groups is 2. The van der Waals surface area contributed by atoms with Crippen LogP contribution < -0.4 is 10.1 Å². The van der Waals surface area contributed by atoms with Gasteiger partial charge in [0.2, 0.25) is 0 Å². The van der Waals surface area contributed by atoms with Crippen molar-refractivity contribution in [3.8, 4) is 5.75 Å². The SMILES string of the molecule is COc1cccc(C2CCN(C(=O)N[C@@H](C(=O)O)[C@@H](C)c3c[nH]c4ccccc34)CC2)c1. The van der Waals surface area contributed by atoms with E-state index >= 15 is 0 Å². The number of carboxylic acid groups (broad SMARTS) is 1. The molecule has 1 fully saturated rings. The topological polar surface area (TPSA) is 94.7 Å². The number of urea groups is 1. The molecule has 4 rings (SSSR count). The molecular formula is C25H29N3O4. The second-order valence-corrected chi connectivity index (χ2v) is 8.38. The number of piperidine rings is 1. The number of ether oxygens (including phenoxy) is 1. The zero-order valence-corrected chi connectivity index (χ0v) is 18.4. The Morgan fingerprint density at radius 1 is 1.16 bits per heavy atom. The first kappa shape index (κ1) is 21.7. The van der Waals surface area contributed by atoms with Crippen LogP contribution in [0.5, 0.6) is 5.75 Å². The fourth-order valence-electron chi connectivity index (χ4n) is 4.59. The number of H-pyrrole nitrogens is 1. The Kier molecular flexibility index (Phi) is 6.35. The Morgan fingerprint density at radius 2 is 1.91 bits per heavy atom. The molecule has 7 nitrogen and oxygen atoms in total. The molecule has 0 saturated carbocycles. The summed E-state index contributed by atoms with van der Waals surface area (Å²) in [7, 11) is 1.65. The van der Waals surface area contributed by atoms with Crippen molar-refractivity contribution in [3.05, 3.63) is 65.9 Å². The van der Waals surface area contributed by atoms with Crippen LogP contribution in [-0.4, -0.2) is 53.2 Å². The molecule has 2 atom stereocenters. The predicted molar refractivity (Wildman–Crippen MR) is 123 cm³/mol. The number of rotatable bonds is 6. The van der Waals surface area contributed by atoms with E-state index in [2.05, 4.69) is 16.4 Å². The van der Waals surface area contributed by atoms with E-state index in [1.54, 1.807) is 12.0 Å². The van der Waals surface area contributed by atoms with Crippen molar-refractivity contribution >= 4 is 22.9 Å². The van der Waals surface area contributed by atoms with E-state index in [0.29, 0.717) is 19.0 Å². The third-order valence-electron chi connectivity index (χ3n) is 6.50. The first-order valence-corrected chi connectivity index (χ1v) is 11.0. The number of nitrogens with zero attached hydrogens (tertiary/aromatic N) is 1. The third kappa shape index (κ3) is 4.42. The minimum Gasteiger partial charge on any atom is -0.497 e. The molecular weight excluding hydrogens is 406 g/mol. The number of carboxylic acids is 1. The molecule has 0 spiro atoms. The molecule has 1 saturated heterocycles. The number of aromatic nitrogens is 1. The van der Waals surface area contributed by atoms with Gasteiger partial charge in [-0.1, -0.05) is 37.3 Å². The lowest BCUT2D eigenvalue weighted by molar-refractivity contribution is -0.139. The molecule has 7 heteroatoms. The maximum Gasteiger partial charge on any atom is 0.326 e. The van der Waals surface area contributed by atoms with Gasteiger partial charge in [0.05, 0.1) is 7.11 Å². The largest absolute Gasteiger partial charge is 0.497 e. The number of hydrogen-bond donors (Lipinski definition) is 3. The van der Waals surface area contributed by atoms with E-state index in [9.17, 15) is 14.7 Å². The number of benzene rings is 2. The van der Waals surface area contributed by atoms with Gasteiger partial charge in [-0.3, -0.25) is 0 Å². The highest BCUT2D eigenvalue weighted by atomic mass is 16.5. The van der Waals surface area contributed by atoms with Crippen LogP contribution in [0.3, 0.4) is 0 Å². The second-order valence-electron chi connectivity index (χ2n) is 8.38. The van der Waals surface area contributed by atoms with Crippen molar-refractivity contribution in [2.45, 2.75) is 37.6 Å². The summed E-state index contributed by atoms with van der Waals surface area (Å²) in [5, 5.41) is 13.6. The number of amides is 2. The zero-order valence-electron chi connectivity index (χ0n) is 18.4. The number of hydrogen-bond acceptors (Lipinski definition) is 3. The van der Waals surface area contributed by atoms with E-state index in [0.717, 1.165) is 35.1 Å². The summed E-state index contributed by atoms with van der Waals surface area (Å²) in [6, 6.07) is 14.5. The molecule has 32 heavy (non-hydrogen) atoms. The van der Waals surface area contributed by atoms with Gasteiger partial charge < -0.3 is 25.0 Å². The van der Waals surface area contributed by atoms with E-state index in [1.165, 1.54) is 5.56 Å². The molecule has 1 aromatic heterocycles. The fraction of sp³-hybridized carbons (Fsp3) is 0.360. The molecule has 0 radical (unpaired) electrons. The number of aromatic amines is 1. The highest BCUT2D eigenvalue weighted by Gasteiger charge is 2.32. The van der Waals surface area contributed by atoms with Gasteiger partial charge in [-0.2, -0.15) is 0 Å². The van der Waals surface area contributed by atoms with E-state index in [-0.39, 0.29) is 11.9 Å². The highest BCUT2D eigenvalue weighted by molar-refractivity contribution is 5.87. The Balaban J connectivity index is 1.41. The summed E-state index contributed by atoms with van der Waals surface area (Å²) >= 11 is 0. The van der Waals surface area contributed by atoms with Crippen molar-refractivity contribution in [2.24, 2.45) is 0 Å². The summed E-state index contributed by atoms with van der Waals surface area (Å²) in [6.07, 6.45) is 3.49. The van der Waals surface area contributed by atoms with E-state index < -0.39 is 12.0 Å². The Morgan fingerprint density at radius 3 is 2.62 bits per heavy atom. The van der Waals surface area contributed by atoms with Crippen molar-refractivity contribution in [1.29, 1.82) is 0 Å². The molecule has 2 amide bonds. The lowest BCUT2D eigenvalue weighted by Crippen LogP contribution is -2.51. The summed E-state index contributed by atoms with van der Waals surface area (Å²) < 4.78 is 5.32. The van der Waals surface area contributed by atoms with Crippen molar-refractivity contribution in [2.75, 3.05) is 20.2 Å². The first-order valence-electron chi connectivity index (χ1n) is 11.0. The van der Waals surface area contributed by atoms with Gasteiger partial charge in [0, 0.05) is 36.1 Å². The number of methoxy groups -OCH3 is 1. The highest BCUT2D eigenvalue weighted by Crippen LogP contribution is 2.31. The summed E-state index contributed by atoms with van der Waals surface area (Å²) in [5.74, 6) is -0.239. The average molecular weight is 436 g/mol. The molecule has 1 aliphatic heterocycles. The van der Waals surface area contributed by atoms with Crippen LogP contribution in [0.15, 0.2) is 54.7 Å². The smallest absolute Gasteiger partial charge is 0.326 e. The normalized spacial score (nSPS) is 16.5. The first-order chi connectivity index (χ1) is 15.5. The third-order valence-corrected chi connectivity index (χ3v) is 6.50. The molecule has 0 aliphatic carbocycles. The van der Waals surface area contributed by atoms with Crippen LogP contribution >= 0.6 is 0 Å². The number of aliphatic carboxylic acids is 1. The Hall–Kier alpha value is -3.48. The van der Waals surface area contributed by atoms with E-state index in [4.69, 9.17) is 4.74 Å². The number of carbonyl (C=O) groups excluding carboxylic acids is 1. The van der Waals surface area contributed by atoms with Crippen molar-refractivity contribution in [1.82, 2.24) is 15.2 Å². The van der Waals surface area contributed by atoms with Gasteiger partial charge in [-0.25, -0.2) is 9.59 Å². The molecule has 0 unspecified atom stereocenters. The molecule has 1 aliphatic rings. The zero-order chi connectivity index (χ0) is 22.7. The standard InChI is InChI=1S/C25H29N3O4/c1-16(21-15-26-22-9-4-3-8-20(21)22)23(24(29)30)27-25(31)28-12-10-17(11-13-28)18-6-5-7-19(14-18)32-2/h3-9,14-17,23,26H,10-13H2,1-2H3,(H,27,31)(H,29,30)/t16-,23+/m0/s1. The van der Waals surface area contributed by atoms with Crippen LogP contribution in [0.4, 0.5) is 4.79 Å². The van der Waals surface area contributed by atoms with Gasteiger partial charge in [0.1, 0.15) is 11.8 Å². The molecule has 168 valence electrons. The molecule has 3 aromatic rings. The molecule has 2 heterocycles. The van der Waals surface area contributed by atoms with Crippen LogP contribution in [0, 0.1) is 0 Å². The monoisotopic (exact) mass is 435 g/mol.